The second kappa shape index (κ2) is 7.18. The molecule has 2 aromatic carbocycles. The summed E-state index contributed by atoms with van der Waals surface area (Å²) in [5, 5.41) is 5.64. The maximum Gasteiger partial charge on any atom is 0.239 e. The molecule has 0 radical (unpaired) electrons. The molecule has 126 valence electrons. The minimum atomic E-state index is -1.21. The van der Waals surface area contributed by atoms with Crippen molar-refractivity contribution in [3.05, 3.63) is 58.1 Å². The van der Waals surface area contributed by atoms with Gasteiger partial charge in [-0.05, 0) is 69.2 Å². The van der Waals surface area contributed by atoms with Gasteiger partial charge in [0, 0.05) is 15.8 Å². The smallest absolute Gasteiger partial charge is 0.239 e. The van der Waals surface area contributed by atoms with Gasteiger partial charge in [0.25, 0.3) is 0 Å². The molecular formula is C19H21BrN2O2. The molecule has 0 aliphatic carbocycles. The molecule has 2 rings (SSSR count). The molecule has 5 heteroatoms. The minimum absolute atomic E-state index is 0.342. The first kappa shape index (κ1) is 18.2. The van der Waals surface area contributed by atoms with Gasteiger partial charge >= 0.3 is 0 Å². The predicted octanol–water partition coefficient (Wildman–Crippen LogP) is 4.67. The molecule has 2 amide bonds. The van der Waals surface area contributed by atoms with Gasteiger partial charge in [0.1, 0.15) is 5.41 Å². The molecule has 2 aromatic rings. The highest BCUT2D eigenvalue weighted by Gasteiger charge is 2.36. The van der Waals surface area contributed by atoms with E-state index in [1.54, 1.807) is 26.0 Å². The van der Waals surface area contributed by atoms with Gasteiger partial charge in [0.05, 0.1) is 0 Å². The van der Waals surface area contributed by atoms with Crippen molar-refractivity contribution in [1.82, 2.24) is 0 Å². The Labute approximate surface area is 150 Å². The summed E-state index contributed by atoms with van der Waals surface area (Å²) < 4.78 is 0.924. The summed E-state index contributed by atoms with van der Waals surface area (Å²) >= 11 is 3.35. The van der Waals surface area contributed by atoms with E-state index in [2.05, 4.69) is 26.6 Å². The summed E-state index contributed by atoms with van der Waals surface area (Å²) in [6.45, 7) is 7.15. The molecule has 0 bridgehead atoms. The number of hydrogen-bond acceptors (Lipinski definition) is 2. The fourth-order valence-electron chi connectivity index (χ4n) is 2.09. The molecule has 0 saturated heterocycles. The van der Waals surface area contributed by atoms with E-state index in [0.29, 0.717) is 5.69 Å². The third-order valence-electron chi connectivity index (χ3n) is 4.09. The Morgan fingerprint density at radius 3 is 2.12 bits per heavy atom. The van der Waals surface area contributed by atoms with Crippen LogP contribution in [0.4, 0.5) is 11.4 Å². The molecule has 0 atom stereocenters. The number of anilines is 2. The standard InChI is InChI=1S/C19H21BrN2O2/c1-12-6-5-7-16(13(12)2)22-18(24)19(3,4)17(23)21-15-10-8-14(20)9-11-15/h5-11H,1-4H3,(H,21,23)(H,22,24). The lowest BCUT2D eigenvalue weighted by Gasteiger charge is -2.23. The second-order valence-corrected chi connectivity index (χ2v) is 7.20. The summed E-state index contributed by atoms with van der Waals surface area (Å²) in [6, 6.07) is 12.9. The van der Waals surface area contributed by atoms with Gasteiger partial charge in [0.15, 0.2) is 0 Å². The van der Waals surface area contributed by atoms with E-state index in [1.165, 1.54) is 0 Å². The van der Waals surface area contributed by atoms with Crippen LogP contribution in [-0.2, 0) is 9.59 Å². The number of aryl methyl sites for hydroxylation is 1. The molecule has 0 spiro atoms. The minimum Gasteiger partial charge on any atom is -0.325 e. The molecule has 0 aromatic heterocycles. The third kappa shape index (κ3) is 4.03. The van der Waals surface area contributed by atoms with Gasteiger partial charge in [-0.3, -0.25) is 9.59 Å². The Morgan fingerprint density at radius 2 is 1.50 bits per heavy atom. The highest BCUT2D eigenvalue weighted by molar-refractivity contribution is 9.10. The fraction of sp³-hybridized carbons (Fsp3) is 0.263. The van der Waals surface area contributed by atoms with Crippen molar-refractivity contribution in [2.75, 3.05) is 10.6 Å². The number of carbonyl (C=O) groups excluding carboxylic acids is 2. The highest BCUT2D eigenvalue weighted by Crippen LogP contribution is 2.24. The maximum atomic E-state index is 12.6. The van der Waals surface area contributed by atoms with E-state index in [9.17, 15) is 9.59 Å². The quantitative estimate of drug-likeness (QED) is 0.747. The van der Waals surface area contributed by atoms with Gasteiger partial charge in [0.2, 0.25) is 11.8 Å². The SMILES string of the molecule is Cc1cccc(NC(=O)C(C)(C)C(=O)Nc2ccc(Br)cc2)c1C. The zero-order chi connectivity index (χ0) is 17.9. The summed E-state index contributed by atoms with van der Waals surface area (Å²) in [4.78, 5) is 25.1. The van der Waals surface area contributed by atoms with Crippen molar-refractivity contribution in [2.45, 2.75) is 27.7 Å². The summed E-state index contributed by atoms with van der Waals surface area (Å²) in [6.07, 6.45) is 0. The van der Waals surface area contributed by atoms with E-state index in [-0.39, 0.29) is 11.8 Å². The van der Waals surface area contributed by atoms with Crippen LogP contribution in [-0.4, -0.2) is 11.8 Å². The average molecular weight is 389 g/mol. The largest absolute Gasteiger partial charge is 0.325 e. The Bertz CT molecular complexity index is 767. The number of hydrogen-bond donors (Lipinski definition) is 2. The number of amides is 2. The molecule has 0 saturated carbocycles. The van der Waals surface area contributed by atoms with Crippen LogP contribution in [0.2, 0.25) is 0 Å². The average Bonchev–Trinajstić information content (AvgIpc) is 2.53. The Hall–Kier alpha value is -2.14. The molecule has 2 N–H and O–H groups in total. The first-order valence-electron chi connectivity index (χ1n) is 7.66. The summed E-state index contributed by atoms with van der Waals surface area (Å²) in [5.41, 5.74) is 2.25. The van der Waals surface area contributed by atoms with E-state index in [0.717, 1.165) is 21.3 Å². The van der Waals surface area contributed by atoms with Crippen LogP contribution in [0.5, 0.6) is 0 Å². The molecule has 0 aliphatic heterocycles. The summed E-state index contributed by atoms with van der Waals surface area (Å²) in [5.74, 6) is -0.696. The molecular weight excluding hydrogens is 368 g/mol. The fourth-order valence-corrected chi connectivity index (χ4v) is 2.35. The first-order valence-corrected chi connectivity index (χ1v) is 8.46. The second-order valence-electron chi connectivity index (χ2n) is 6.29. The van der Waals surface area contributed by atoms with Crippen molar-refractivity contribution < 1.29 is 9.59 Å². The number of rotatable bonds is 4. The van der Waals surface area contributed by atoms with Crippen molar-refractivity contribution >= 4 is 39.1 Å². The molecule has 0 aliphatic rings. The number of halogens is 1. The number of nitrogens with one attached hydrogen (secondary N) is 2. The van der Waals surface area contributed by atoms with Crippen LogP contribution >= 0.6 is 15.9 Å². The van der Waals surface area contributed by atoms with Gasteiger partial charge < -0.3 is 10.6 Å². The third-order valence-corrected chi connectivity index (χ3v) is 4.62. The van der Waals surface area contributed by atoms with E-state index < -0.39 is 5.41 Å². The zero-order valence-corrected chi connectivity index (χ0v) is 15.8. The van der Waals surface area contributed by atoms with E-state index in [1.807, 2.05) is 44.2 Å². The Kier molecular flexibility index (Phi) is 5.44. The van der Waals surface area contributed by atoms with Crippen LogP contribution in [0.15, 0.2) is 46.9 Å². The predicted molar refractivity (Wildman–Crippen MR) is 101 cm³/mol. The molecule has 24 heavy (non-hydrogen) atoms. The van der Waals surface area contributed by atoms with Crippen LogP contribution < -0.4 is 10.6 Å². The van der Waals surface area contributed by atoms with Crippen LogP contribution in [0.3, 0.4) is 0 Å². The highest BCUT2D eigenvalue weighted by atomic mass is 79.9. The van der Waals surface area contributed by atoms with E-state index >= 15 is 0 Å². The van der Waals surface area contributed by atoms with Crippen molar-refractivity contribution in [3.63, 3.8) is 0 Å². The first-order chi connectivity index (χ1) is 11.2. The van der Waals surface area contributed by atoms with E-state index in [4.69, 9.17) is 0 Å². The Morgan fingerprint density at radius 1 is 0.917 bits per heavy atom. The molecule has 0 fully saturated rings. The maximum absolute atomic E-state index is 12.6. The van der Waals surface area contributed by atoms with Gasteiger partial charge in [-0.15, -0.1) is 0 Å². The lowest BCUT2D eigenvalue weighted by Crippen LogP contribution is -2.41. The van der Waals surface area contributed by atoms with Gasteiger partial charge in [-0.1, -0.05) is 28.1 Å². The Balaban J connectivity index is 2.12. The topological polar surface area (TPSA) is 58.2 Å². The lowest BCUT2D eigenvalue weighted by molar-refractivity contribution is -0.135. The normalized spacial score (nSPS) is 11.0. The lowest BCUT2D eigenvalue weighted by atomic mass is 9.90. The molecule has 0 heterocycles. The monoisotopic (exact) mass is 388 g/mol. The number of carbonyl (C=O) groups is 2. The van der Waals surface area contributed by atoms with Gasteiger partial charge in [-0.2, -0.15) is 0 Å². The van der Waals surface area contributed by atoms with Crippen molar-refractivity contribution in [1.29, 1.82) is 0 Å². The van der Waals surface area contributed by atoms with Crippen LogP contribution in [0, 0.1) is 19.3 Å². The number of benzene rings is 2. The molecule has 0 unspecified atom stereocenters. The van der Waals surface area contributed by atoms with Crippen molar-refractivity contribution in [3.8, 4) is 0 Å². The zero-order valence-electron chi connectivity index (χ0n) is 14.2. The van der Waals surface area contributed by atoms with Crippen molar-refractivity contribution in [2.24, 2.45) is 5.41 Å². The summed E-state index contributed by atoms with van der Waals surface area (Å²) in [7, 11) is 0. The van der Waals surface area contributed by atoms with Crippen LogP contribution in [0.1, 0.15) is 25.0 Å². The van der Waals surface area contributed by atoms with Gasteiger partial charge in [-0.25, -0.2) is 0 Å². The van der Waals surface area contributed by atoms with Crippen LogP contribution in [0.25, 0.3) is 0 Å². The molecule has 4 nitrogen and oxygen atoms in total.